The molecule has 1 aromatic rings. The second-order valence-corrected chi connectivity index (χ2v) is 5.31. The molecule has 2 rings (SSSR count). The van der Waals surface area contributed by atoms with Gasteiger partial charge in [-0.3, -0.25) is 4.79 Å². The maximum absolute atomic E-state index is 14.1. The Hall–Kier alpha value is -1.28. The zero-order valence-electron chi connectivity index (χ0n) is 10.3. The van der Waals surface area contributed by atoms with Crippen molar-refractivity contribution in [2.45, 2.75) is 18.5 Å². The van der Waals surface area contributed by atoms with Crippen molar-refractivity contribution in [1.29, 1.82) is 0 Å². The maximum atomic E-state index is 14.1. The Morgan fingerprint density at radius 1 is 1.40 bits per heavy atom. The molecular weight excluding hydrogens is 296 g/mol. The van der Waals surface area contributed by atoms with Crippen molar-refractivity contribution in [1.82, 2.24) is 5.32 Å². The predicted octanol–water partition coefficient (Wildman–Crippen LogP) is 2.66. The molecule has 0 saturated carbocycles. The van der Waals surface area contributed by atoms with Crippen LogP contribution in [0.15, 0.2) is 12.1 Å². The normalized spacial score (nSPS) is 14.8. The first-order valence-electron chi connectivity index (χ1n) is 5.88. The fraction of sp³-hybridized carbons (Fsp3) is 0.417. The van der Waals surface area contributed by atoms with E-state index >= 15 is 0 Å². The SMILES string of the molecule is O=C(CSC(F)(F)F)Nc1ccc2c(c1F)CCNC2. The molecule has 2 N–H and O–H groups in total. The molecule has 0 aromatic heterocycles. The fourth-order valence-electron chi connectivity index (χ4n) is 1.96. The fourth-order valence-corrected chi connectivity index (χ4v) is 2.33. The van der Waals surface area contributed by atoms with E-state index in [0.29, 0.717) is 25.1 Å². The monoisotopic (exact) mass is 308 g/mol. The average Bonchev–Trinajstić information content (AvgIpc) is 2.39. The van der Waals surface area contributed by atoms with E-state index in [2.05, 4.69) is 10.6 Å². The third-order valence-electron chi connectivity index (χ3n) is 2.85. The van der Waals surface area contributed by atoms with Crippen molar-refractivity contribution in [2.75, 3.05) is 17.6 Å². The van der Waals surface area contributed by atoms with Crippen LogP contribution < -0.4 is 10.6 Å². The third-order valence-corrected chi connectivity index (χ3v) is 3.58. The molecule has 3 nitrogen and oxygen atoms in total. The first-order valence-corrected chi connectivity index (χ1v) is 6.87. The maximum Gasteiger partial charge on any atom is 0.442 e. The molecule has 20 heavy (non-hydrogen) atoms. The van der Waals surface area contributed by atoms with Crippen LogP contribution in [0.5, 0.6) is 0 Å². The topological polar surface area (TPSA) is 41.1 Å². The Kier molecular flexibility index (Phi) is 4.54. The lowest BCUT2D eigenvalue weighted by Gasteiger charge is -2.19. The van der Waals surface area contributed by atoms with E-state index in [4.69, 9.17) is 0 Å². The molecule has 0 bridgehead atoms. The van der Waals surface area contributed by atoms with Gasteiger partial charge in [-0.2, -0.15) is 13.2 Å². The standard InChI is InChI=1S/C12H12F4N2OS/c13-11-8-3-4-17-5-7(8)1-2-9(11)18-10(19)6-20-12(14,15)16/h1-2,17H,3-6H2,(H,18,19). The quantitative estimate of drug-likeness (QED) is 0.844. The summed E-state index contributed by atoms with van der Waals surface area (Å²) >= 11 is -0.449. The third kappa shape index (κ3) is 3.86. The van der Waals surface area contributed by atoms with Gasteiger partial charge in [0.15, 0.2) is 0 Å². The molecule has 0 aliphatic carbocycles. The summed E-state index contributed by atoms with van der Waals surface area (Å²) in [5, 5.41) is 5.26. The summed E-state index contributed by atoms with van der Waals surface area (Å²) in [6, 6.07) is 3.04. The summed E-state index contributed by atoms with van der Waals surface area (Å²) in [7, 11) is 0. The highest BCUT2D eigenvalue weighted by Crippen LogP contribution is 2.30. The van der Waals surface area contributed by atoms with E-state index in [1.807, 2.05) is 0 Å². The van der Waals surface area contributed by atoms with Crippen molar-refractivity contribution >= 4 is 23.4 Å². The Bertz CT molecular complexity index is 519. The summed E-state index contributed by atoms with van der Waals surface area (Å²) in [6.07, 6.45) is 0.488. The highest BCUT2D eigenvalue weighted by Gasteiger charge is 2.29. The molecule has 0 saturated heterocycles. The molecule has 1 aliphatic rings. The lowest BCUT2D eigenvalue weighted by Crippen LogP contribution is -2.25. The second-order valence-electron chi connectivity index (χ2n) is 4.27. The van der Waals surface area contributed by atoms with Crippen molar-refractivity contribution in [3.05, 3.63) is 29.1 Å². The van der Waals surface area contributed by atoms with Gasteiger partial charge in [-0.15, -0.1) is 0 Å². The molecule has 0 spiro atoms. The zero-order valence-corrected chi connectivity index (χ0v) is 11.1. The van der Waals surface area contributed by atoms with Crippen molar-refractivity contribution in [3.63, 3.8) is 0 Å². The Morgan fingerprint density at radius 3 is 2.85 bits per heavy atom. The van der Waals surface area contributed by atoms with Crippen LogP contribution in [0.4, 0.5) is 23.2 Å². The van der Waals surface area contributed by atoms with Crippen molar-refractivity contribution < 1.29 is 22.4 Å². The van der Waals surface area contributed by atoms with Crippen LogP contribution in [0.1, 0.15) is 11.1 Å². The number of rotatable bonds is 3. The van der Waals surface area contributed by atoms with Gasteiger partial charge in [0.25, 0.3) is 0 Å². The number of alkyl halides is 3. The molecule has 0 radical (unpaired) electrons. The molecule has 0 unspecified atom stereocenters. The van der Waals surface area contributed by atoms with E-state index in [-0.39, 0.29) is 5.69 Å². The van der Waals surface area contributed by atoms with Crippen LogP contribution in [-0.2, 0) is 17.8 Å². The molecule has 110 valence electrons. The van der Waals surface area contributed by atoms with E-state index in [9.17, 15) is 22.4 Å². The number of amides is 1. The lowest BCUT2D eigenvalue weighted by atomic mass is 9.99. The van der Waals surface area contributed by atoms with Gasteiger partial charge >= 0.3 is 5.51 Å². The number of thioether (sulfide) groups is 1. The smallest absolute Gasteiger partial charge is 0.323 e. The minimum atomic E-state index is -4.47. The Labute approximate surface area is 117 Å². The average molecular weight is 308 g/mol. The van der Waals surface area contributed by atoms with E-state index in [1.165, 1.54) is 6.07 Å². The minimum Gasteiger partial charge on any atom is -0.323 e. The Morgan fingerprint density at radius 2 is 2.15 bits per heavy atom. The van der Waals surface area contributed by atoms with Crippen molar-refractivity contribution in [3.8, 4) is 0 Å². The van der Waals surface area contributed by atoms with Gasteiger partial charge in [0.05, 0.1) is 11.4 Å². The molecule has 1 amide bonds. The van der Waals surface area contributed by atoms with E-state index in [0.717, 1.165) is 5.56 Å². The number of halogens is 4. The number of benzene rings is 1. The van der Waals surface area contributed by atoms with Gasteiger partial charge in [-0.25, -0.2) is 4.39 Å². The van der Waals surface area contributed by atoms with Crippen LogP contribution in [0.3, 0.4) is 0 Å². The number of carbonyl (C=O) groups is 1. The van der Waals surface area contributed by atoms with Crippen LogP contribution in [0.2, 0.25) is 0 Å². The zero-order chi connectivity index (χ0) is 14.8. The van der Waals surface area contributed by atoms with Gasteiger partial charge in [0, 0.05) is 6.54 Å². The summed E-state index contributed by atoms with van der Waals surface area (Å²) < 4.78 is 50.0. The van der Waals surface area contributed by atoms with Gasteiger partial charge < -0.3 is 10.6 Å². The Balaban J connectivity index is 2.05. The second kappa shape index (κ2) is 6.01. The first kappa shape index (κ1) is 15.1. The molecule has 0 fully saturated rings. The number of hydrogen-bond acceptors (Lipinski definition) is 3. The molecule has 1 heterocycles. The van der Waals surface area contributed by atoms with Gasteiger partial charge in [-0.05, 0) is 41.9 Å². The number of carbonyl (C=O) groups excluding carboxylic acids is 1. The molecule has 0 atom stereocenters. The predicted molar refractivity (Wildman–Crippen MR) is 69.0 cm³/mol. The summed E-state index contributed by atoms with van der Waals surface area (Å²) in [5.74, 6) is -2.23. The van der Waals surface area contributed by atoms with Crippen LogP contribution in [0, 0.1) is 5.82 Å². The first-order chi connectivity index (χ1) is 9.37. The molecular formula is C12H12F4N2OS. The van der Waals surface area contributed by atoms with E-state index in [1.54, 1.807) is 6.07 Å². The van der Waals surface area contributed by atoms with Crippen molar-refractivity contribution in [2.24, 2.45) is 0 Å². The van der Waals surface area contributed by atoms with Crippen LogP contribution in [-0.4, -0.2) is 23.7 Å². The van der Waals surface area contributed by atoms with Gasteiger partial charge in [-0.1, -0.05) is 6.07 Å². The molecule has 1 aromatic carbocycles. The number of hydrogen-bond donors (Lipinski definition) is 2. The van der Waals surface area contributed by atoms with Gasteiger partial charge in [0.2, 0.25) is 5.91 Å². The largest absolute Gasteiger partial charge is 0.442 e. The van der Waals surface area contributed by atoms with E-state index < -0.39 is 34.7 Å². The number of anilines is 1. The lowest BCUT2D eigenvalue weighted by molar-refractivity contribution is -0.114. The summed E-state index contributed by atoms with van der Waals surface area (Å²) in [4.78, 5) is 11.4. The molecule has 1 aliphatic heterocycles. The summed E-state index contributed by atoms with van der Waals surface area (Å²) in [5.41, 5.74) is -3.24. The number of nitrogens with one attached hydrogen (secondary N) is 2. The molecule has 8 heteroatoms. The number of fused-ring (bicyclic) bond motifs is 1. The van der Waals surface area contributed by atoms with Gasteiger partial charge in [0.1, 0.15) is 5.82 Å². The minimum absolute atomic E-state index is 0.0709. The highest BCUT2D eigenvalue weighted by molar-refractivity contribution is 8.00. The van der Waals surface area contributed by atoms with Crippen LogP contribution >= 0.6 is 11.8 Å². The summed E-state index contributed by atoms with van der Waals surface area (Å²) in [6.45, 7) is 1.18. The highest BCUT2D eigenvalue weighted by atomic mass is 32.2. The van der Waals surface area contributed by atoms with Crippen LogP contribution in [0.25, 0.3) is 0 Å².